The van der Waals surface area contributed by atoms with Gasteiger partial charge in [-0.25, -0.2) is 0 Å². The van der Waals surface area contributed by atoms with Crippen molar-refractivity contribution in [2.75, 3.05) is 33.7 Å². The quantitative estimate of drug-likeness (QED) is 0.527. The second kappa shape index (κ2) is 7.06. The fourth-order valence-corrected chi connectivity index (χ4v) is 0.743. The lowest BCUT2D eigenvalue weighted by molar-refractivity contribution is -0.121. The first-order chi connectivity index (χ1) is 5.66. The monoisotopic (exact) mass is 173 g/mol. The van der Waals surface area contributed by atoms with Gasteiger partial charge >= 0.3 is 0 Å². The molecule has 0 saturated carbocycles. The second-order valence-corrected chi connectivity index (χ2v) is 3.05. The zero-order valence-electron chi connectivity index (χ0n) is 7.97. The van der Waals surface area contributed by atoms with E-state index >= 15 is 0 Å². The van der Waals surface area contributed by atoms with Crippen LogP contribution < -0.4 is 11.1 Å². The third-order valence-corrected chi connectivity index (χ3v) is 1.49. The maximum absolute atomic E-state index is 11.0. The van der Waals surface area contributed by atoms with E-state index < -0.39 is 0 Å². The van der Waals surface area contributed by atoms with Crippen molar-refractivity contribution in [3.63, 3.8) is 0 Å². The molecule has 0 aromatic carbocycles. The molecular weight excluding hydrogens is 154 g/mol. The summed E-state index contributed by atoms with van der Waals surface area (Å²) in [5.74, 6) is 0.108. The molecule has 0 aliphatic heterocycles. The van der Waals surface area contributed by atoms with E-state index in [2.05, 4.69) is 5.32 Å². The molecule has 72 valence electrons. The fraction of sp³-hybridized carbons (Fsp3) is 0.875. The van der Waals surface area contributed by atoms with Gasteiger partial charge in [-0.1, -0.05) is 0 Å². The maximum Gasteiger partial charge on any atom is 0.221 e. The molecular formula is C8H19N3O. The number of carbonyl (C=O) groups excluding carboxylic acids is 1. The summed E-state index contributed by atoms with van der Waals surface area (Å²) >= 11 is 0. The number of nitrogens with one attached hydrogen (secondary N) is 1. The molecule has 3 N–H and O–H groups in total. The lowest BCUT2D eigenvalue weighted by atomic mass is 10.3. The van der Waals surface area contributed by atoms with Gasteiger partial charge in [-0.15, -0.1) is 0 Å². The average molecular weight is 173 g/mol. The van der Waals surface area contributed by atoms with E-state index in [9.17, 15) is 4.79 Å². The van der Waals surface area contributed by atoms with Gasteiger partial charge in [-0.3, -0.25) is 4.79 Å². The Kier molecular flexibility index (Phi) is 6.70. The number of nitrogens with zero attached hydrogens (tertiary/aromatic N) is 1. The van der Waals surface area contributed by atoms with Crippen LogP contribution in [-0.4, -0.2) is 44.5 Å². The summed E-state index contributed by atoms with van der Waals surface area (Å²) in [5.41, 5.74) is 5.28. The number of hydrogen-bond donors (Lipinski definition) is 2. The molecule has 0 bridgehead atoms. The van der Waals surface area contributed by atoms with E-state index in [1.165, 1.54) is 0 Å². The van der Waals surface area contributed by atoms with Crippen molar-refractivity contribution in [1.82, 2.24) is 10.2 Å². The van der Waals surface area contributed by atoms with E-state index in [1.807, 2.05) is 19.0 Å². The van der Waals surface area contributed by atoms with Gasteiger partial charge in [-0.2, -0.15) is 0 Å². The van der Waals surface area contributed by atoms with Gasteiger partial charge in [0.05, 0.1) is 0 Å². The van der Waals surface area contributed by atoms with Crippen molar-refractivity contribution in [3.05, 3.63) is 0 Å². The van der Waals surface area contributed by atoms with Gasteiger partial charge in [0.1, 0.15) is 0 Å². The number of rotatable bonds is 6. The van der Waals surface area contributed by atoms with E-state index in [0.29, 0.717) is 19.5 Å². The fourth-order valence-electron chi connectivity index (χ4n) is 0.743. The smallest absolute Gasteiger partial charge is 0.221 e. The molecule has 12 heavy (non-hydrogen) atoms. The topological polar surface area (TPSA) is 58.4 Å². The Morgan fingerprint density at radius 1 is 1.50 bits per heavy atom. The Balaban J connectivity index is 3.22. The van der Waals surface area contributed by atoms with Crippen LogP contribution in [-0.2, 0) is 4.79 Å². The molecule has 0 aliphatic rings. The second-order valence-electron chi connectivity index (χ2n) is 3.05. The summed E-state index contributed by atoms with van der Waals surface area (Å²) in [6.07, 6.45) is 1.42. The van der Waals surface area contributed by atoms with Gasteiger partial charge < -0.3 is 16.0 Å². The molecule has 0 unspecified atom stereocenters. The largest absolute Gasteiger partial charge is 0.356 e. The minimum Gasteiger partial charge on any atom is -0.356 e. The van der Waals surface area contributed by atoms with Crippen LogP contribution in [0.25, 0.3) is 0 Å². The first-order valence-corrected chi connectivity index (χ1v) is 4.28. The van der Waals surface area contributed by atoms with Crippen molar-refractivity contribution in [1.29, 1.82) is 0 Å². The summed E-state index contributed by atoms with van der Waals surface area (Å²) in [6, 6.07) is 0. The highest BCUT2D eigenvalue weighted by Crippen LogP contribution is 1.83. The SMILES string of the molecule is CN(C)CCC(=O)NCCCN. The molecule has 0 fully saturated rings. The van der Waals surface area contributed by atoms with E-state index in [4.69, 9.17) is 5.73 Å². The lowest BCUT2D eigenvalue weighted by Crippen LogP contribution is -2.28. The Morgan fingerprint density at radius 3 is 2.67 bits per heavy atom. The average Bonchev–Trinajstić information content (AvgIpc) is 2.01. The standard InChI is InChI=1S/C8H19N3O/c1-11(2)7-4-8(12)10-6-3-5-9/h3-7,9H2,1-2H3,(H,10,12). The molecule has 0 atom stereocenters. The normalized spacial score (nSPS) is 10.3. The first-order valence-electron chi connectivity index (χ1n) is 4.28. The van der Waals surface area contributed by atoms with E-state index in [1.54, 1.807) is 0 Å². The van der Waals surface area contributed by atoms with E-state index in [0.717, 1.165) is 13.0 Å². The molecule has 1 amide bonds. The van der Waals surface area contributed by atoms with Crippen molar-refractivity contribution in [3.8, 4) is 0 Å². The highest BCUT2D eigenvalue weighted by atomic mass is 16.1. The predicted octanol–water partition coefficient (Wildman–Crippen LogP) is -0.597. The summed E-state index contributed by atoms with van der Waals surface area (Å²) < 4.78 is 0. The summed E-state index contributed by atoms with van der Waals surface area (Å²) in [6.45, 7) is 2.13. The van der Waals surface area contributed by atoms with Crippen LogP contribution in [0.4, 0.5) is 0 Å². The minimum atomic E-state index is 0.108. The van der Waals surface area contributed by atoms with Gasteiger partial charge in [0.15, 0.2) is 0 Å². The number of carbonyl (C=O) groups is 1. The van der Waals surface area contributed by atoms with Gasteiger partial charge in [0.2, 0.25) is 5.91 Å². The van der Waals surface area contributed by atoms with Crippen LogP contribution in [0.3, 0.4) is 0 Å². The van der Waals surface area contributed by atoms with Crippen molar-refractivity contribution < 1.29 is 4.79 Å². The lowest BCUT2D eigenvalue weighted by Gasteiger charge is -2.08. The number of nitrogens with two attached hydrogens (primary N) is 1. The Morgan fingerprint density at radius 2 is 2.17 bits per heavy atom. The molecule has 0 radical (unpaired) electrons. The number of hydrogen-bond acceptors (Lipinski definition) is 3. The molecule has 0 aromatic heterocycles. The Bertz CT molecular complexity index is 125. The molecule has 4 nitrogen and oxygen atoms in total. The van der Waals surface area contributed by atoms with Crippen LogP contribution in [0.1, 0.15) is 12.8 Å². The van der Waals surface area contributed by atoms with Crippen molar-refractivity contribution in [2.24, 2.45) is 5.73 Å². The molecule has 0 saturated heterocycles. The van der Waals surface area contributed by atoms with Crippen LogP contribution >= 0.6 is 0 Å². The molecule has 0 spiro atoms. The summed E-state index contributed by atoms with van der Waals surface area (Å²) in [5, 5.41) is 2.79. The predicted molar refractivity (Wildman–Crippen MR) is 49.9 cm³/mol. The molecule has 4 heteroatoms. The Hall–Kier alpha value is -0.610. The van der Waals surface area contributed by atoms with Gasteiger partial charge in [-0.05, 0) is 27.1 Å². The summed E-state index contributed by atoms with van der Waals surface area (Å²) in [4.78, 5) is 13.0. The van der Waals surface area contributed by atoms with Gasteiger partial charge in [0, 0.05) is 19.5 Å². The first kappa shape index (κ1) is 11.4. The van der Waals surface area contributed by atoms with E-state index in [-0.39, 0.29) is 5.91 Å². The highest BCUT2D eigenvalue weighted by Gasteiger charge is 1.99. The van der Waals surface area contributed by atoms with Crippen LogP contribution in [0, 0.1) is 0 Å². The molecule has 0 heterocycles. The number of amides is 1. The summed E-state index contributed by atoms with van der Waals surface area (Å²) in [7, 11) is 3.90. The maximum atomic E-state index is 11.0. The van der Waals surface area contributed by atoms with Crippen LogP contribution in [0.2, 0.25) is 0 Å². The zero-order valence-corrected chi connectivity index (χ0v) is 7.97. The van der Waals surface area contributed by atoms with Crippen LogP contribution in [0.5, 0.6) is 0 Å². The molecule has 0 aromatic rings. The zero-order chi connectivity index (χ0) is 9.40. The van der Waals surface area contributed by atoms with Gasteiger partial charge in [0.25, 0.3) is 0 Å². The Labute approximate surface area is 74.1 Å². The highest BCUT2D eigenvalue weighted by molar-refractivity contribution is 5.75. The van der Waals surface area contributed by atoms with Crippen LogP contribution in [0.15, 0.2) is 0 Å². The molecule has 0 aliphatic carbocycles. The molecule has 0 rings (SSSR count). The third kappa shape index (κ3) is 7.50. The van der Waals surface area contributed by atoms with Crippen molar-refractivity contribution in [2.45, 2.75) is 12.8 Å². The third-order valence-electron chi connectivity index (χ3n) is 1.49. The minimum absolute atomic E-state index is 0.108. The van der Waals surface area contributed by atoms with Crippen molar-refractivity contribution >= 4 is 5.91 Å².